The summed E-state index contributed by atoms with van der Waals surface area (Å²) in [7, 11) is 0. The van der Waals surface area contributed by atoms with E-state index in [1.54, 1.807) is 0 Å². The predicted octanol–water partition coefficient (Wildman–Crippen LogP) is 2.06. The highest BCUT2D eigenvalue weighted by molar-refractivity contribution is 7.99. The standard InChI is InChI=1S/C13H25NO2S/c1-3-15-11(2)9-14-12-4-6-16-13(8-12)5-7-17-10-13/h11-12,14H,3-10H2,1-2H3. The van der Waals surface area contributed by atoms with Crippen LogP contribution in [0.25, 0.3) is 0 Å². The summed E-state index contributed by atoms with van der Waals surface area (Å²) in [5, 5.41) is 3.64. The van der Waals surface area contributed by atoms with Crippen molar-refractivity contribution >= 4 is 11.8 Å². The molecule has 2 aliphatic heterocycles. The first-order chi connectivity index (χ1) is 8.24. The second-order valence-corrected chi connectivity index (χ2v) is 6.30. The number of nitrogens with one attached hydrogen (secondary N) is 1. The highest BCUT2D eigenvalue weighted by Crippen LogP contribution is 2.38. The van der Waals surface area contributed by atoms with Gasteiger partial charge in [-0.25, -0.2) is 0 Å². The maximum Gasteiger partial charge on any atom is 0.0795 e. The molecule has 3 unspecified atom stereocenters. The monoisotopic (exact) mass is 259 g/mol. The van der Waals surface area contributed by atoms with Crippen molar-refractivity contribution in [3.63, 3.8) is 0 Å². The zero-order valence-corrected chi connectivity index (χ0v) is 11.9. The molecular weight excluding hydrogens is 234 g/mol. The van der Waals surface area contributed by atoms with Crippen LogP contribution in [-0.2, 0) is 9.47 Å². The molecule has 0 radical (unpaired) electrons. The topological polar surface area (TPSA) is 30.5 Å². The van der Waals surface area contributed by atoms with E-state index in [2.05, 4.69) is 19.2 Å². The summed E-state index contributed by atoms with van der Waals surface area (Å²) < 4.78 is 11.6. The molecule has 0 aromatic carbocycles. The van der Waals surface area contributed by atoms with Crippen LogP contribution in [-0.4, -0.2) is 49.0 Å². The first-order valence-electron chi connectivity index (χ1n) is 6.81. The molecule has 2 aliphatic rings. The summed E-state index contributed by atoms with van der Waals surface area (Å²) in [4.78, 5) is 0. The molecule has 1 N–H and O–H groups in total. The molecule has 3 nitrogen and oxygen atoms in total. The van der Waals surface area contributed by atoms with Crippen molar-refractivity contribution in [1.82, 2.24) is 5.32 Å². The lowest BCUT2D eigenvalue weighted by atomic mass is 9.90. The van der Waals surface area contributed by atoms with E-state index in [0.29, 0.717) is 12.1 Å². The fourth-order valence-corrected chi connectivity index (χ4v) is 4.12. The van der Waals surface area contributed by atoms with Gasteiger partial charge in [-0.3, -0.25) is 0 Å². The van der Waals surface area contributed by atoms with Crippen molar-refractivity contribution in [3.8, 4) is 0 Å². The van der Waals surface area contributed by atoms with Gasteiger partial charge in [0.1, 0.15) is 0 Å². The Bertz CT molecular complexity index is 231. The van der Waals surface area contributed by atoms with Crippen LogP contribution in [0.15, 0.2) is 0 Å². The van der Waals surface area contributed by atoms with Gasteiger partial charge in [0.25, 0.3) is 0 Å². The molecule has 2 rings (SSSR count). The highest BCUT2D eigenvalue weighted by atomic mass is 32.2. The quantitative estimate of drug-likeness (QED) is 0.818. The first-order valence-corrected chi connectivity index (χ1v) is 7.96. The predicted molar refractivity (Wildman–Crippen MR) is 72.7 cm³/mol. The lowest BCUT2D eigenvalue weighted by Gasteiger charge is -2.38. The van der Waals surface area contributed by atoms with Gasteiger partial charge >= 0.3 is 0 Å². The minimum Gasteiger partial charge on any atom is -0.377 e. The van der Waals surface area contributed by atoms with Crippen molar-refractivity contribution in [2.75, 3.05) is 31.3 Å². The van der Waals surface area contributed by atoms with Gasteiger partial charge in [0.05, 0.1) is 11.7 Å². The first kappa shape index (κ1) is 13.7. The van der Waals surface area contributed by atoms with Crippen LogP contribution in [0.5, 0.6) is 0 Å². The van der Waals surface area contributed by atoms with E-state index in [4.69, 9.17) is 9.47 Å². The number of hydrogen-bond acceptors (Lipinski definition) is 4. The van der Waals surface area contributed by atoms with Gasteiger partial charge in [0, 0.05) is 31.6 Å². The second kappa shape index (κ2) is 6.41. The fourth-order valence-electron chi connectivity index (χ4n) is 2.74. The largest absolute Gasteiger partial charge is 0.377 e. The average molecular weight is 259 g/mol. The van der Waals surface area contributed by atoms with Crippen LogP contribution >= 0.6 is 11.8 Å². The fraction of sp³-hybridized carbons (Fsp3) is 1.00. The zero-order valence-electron chi connectivity index (χ0n) is 11.0. The van der Waals surface area contributed by atoms with Gasteiger partial charge in [-0.15, -0.1) is 0 Å². The van der Waals surface area contributed by atoms with Crippen LogP contribution in [0.1, 0.15) is 33.1 Å². The van der Waals surface area contributed by atoms with E-state index >= 15 is 0 Å². The van der Waals surface area contributed by atoms with Crippen LogP contribution in [0.3, 0.4) is 0 Å². The summed E-state index contributed by atoms with van der Waals surface area (Å²) in [6.07, 6.45) is 3.87. The Morgan fingerprint density at radius 2 is 2.47 bits per heavy atom. The molecule has 0 saturated carbocycles. The maximum absolute atomic E-state index is 6.02. The Balaban J connectivity index is 1.74. The normalized spacial score (nSPS) is 35.3. The Morgan fingerprint density at radius 3 is 3.18 bits per heavy atom. The van der Waals surface area contributed by atoms with Crippen LogP contribution < -0.4 is 5.32 Å². The molecule has 2 fully saturated rings. The third-order valence-electron chi connectivity index (χ3n) is 3.71. The molecule has 100 valence electrons. The van der Waals surface area contributed by atoms with Crippen LogP contribution in [0, 0.1) is 0 Å². The van der Waals surface area contributed by atoms with E-state index in [1.807, 2.05) is 11.8 Å². The molecule has 17 heavy (non-hydrogen) atoms. The molecule has 2 heterocycles. The third kappa shape index (κ3) is 3.85. The van der Waals surface area contributed by atoms with Crippen molar-refractivity contribution in [2.45, 2.75) is 50.9 Å². The SMILES string of the molecule is CCOC(C)CNC1CCOC2(CCSC2)C1. The van der Waals surface area contributed by atoms with Crippen molar-refractivity contribution in [2.24, 2.45) is 0 Å². The van der Waals surface area contributed by atoms with Gasteiger partial charge in [-0.05, 0) is 38.9 Å². The van der Waals surface area contributed by atoms with E-state index in [1.165, 1.54) is 24.3 Å². The van der Waals surface area contributed by atoms with Gasteiger partial charge in [-0.2, -0.15) is 11.8 Å². The molecule has 0 bridgehead atoms. The van der Waals surface area contributed by atoms with Crippen LogP contribution in [0.2, 0.25) is 0 Å². The Hall–Kier alpha value is 0.230. The summed E-state index contributed by atoms with van der Waals surface area (Å²) in [6.45, 7) is 6.87. The van der Waals surface area contributed by atoms with Gasteiger partial charge in [-0.1, -0.05) is 0 Å². The van der Waals surface area contributed by atoms with Gasteiger partial charge < -0.3 is 14.8 Å². The van der Waals surface area contributed by atoms with Crippen LogP contribution in [0.4, 0.5) is 0 Å². The molecule has 0 aliphatic carbocycles. The summed E-state index contributed by atoms with van der Waals surface area (Å²) in [6, 6.07) is 0.616. The number of ether oxygens (including phenoxy) is 2. The zero-order chi connectivity index (χ0) is 12.1. The Labute approximate surface area is 109 Å². The van der Waals surface area contributed by atoms with E-state index in [9.17, 15) is 0 Å². The van der Waals surface area contributed by atoms with Crippen molar-refractivity contribution in [1.29, 1.82) is 0 Å². The van der Waals surface area contributed by atoms with E-state index in [-0.39, 0.29) is 5.60 Å². The van der Waals surface area contributed by atoms with Gasteiger partial charge in [0.15, 0.2) is 0 Å². The molecule has 0 aromatic rings. The minimum absolute atomic E-state index is 0.190. The number of rotatable bonds is 5. The highest BCUT2D eigenvalue weighted by Gasteiger charge is 2.40. The van der Waals surface area contributed by atoms with Crippen molar-refractivity contribution in [3.05, 3.63) is 0 Å². The third-order valence-corrected chi connectivity index (χ3v) is 4.93. The molecule has 0 amide bonds. The molecule has 0 aromatic heterocycles. The number of thioether (sulfide) groups is 1. The lowest BCUT2D eigenvalue weighted by molar-refractivity contribution is -0.0714. The summed E-state index contributed by atoms with van der Waals surface area (Å²) in [5.74, 6) is 2.45. The summed E-state index contributed by atoms with van der Waals surface area (Å²) in [5.41, 5.74) is 0.190. The minimum atomic E-state index is 0.190. The molecular formula is C13H25NO2S. The Kier molecular flexibility index (Phi) is 5.15. The number of hydrogen-bond donors (Lipinski definition) is 1. The van der Waals surface area contributed by atoms with Gasteiger partial charge in [0.2, 0.25) is 0 Å². The second-order valence-electron chi connectivity index (χ2n) is 5.20. The smallest absolute Gasteiger partial charge is 0.0795 e. The van der Waals surface area contributed by atoms with E-state index < -0.39 is 0 Å². The Morgan fingerprint density at radius 1 is 1.59 bits per heavy atom. The molecule has 2 saturated heterocycles. The van der Waals surface area contributed by atoms with E-state index in [0.717, 1.165) is 26.2 Å². The maximum atomic E-state index is 6.02. The molecule has 3 atom stereocenters. The molecule has 4 heteroatoms. The lowest BCUT2D eigenvalue weighted by Crippen LogP contribution is -2.48. The molecule has 1 spiro atoms. The van der Waals surface area contributed by atoms with Crippen molar-refractivity contribution < 1.29 is 9.47 Å². The average Bonchev–Trinajstić information content (AvgIpc) is 2.75. The summed E-state index contributed by atoms with van der Waals surface area (Å²) >= 11 is 2.04.